The third-order valence-corrected chi connectivity index (χ3v) is 6.17. The van der Waals surface area contributed by atoms with Gasteiger partial charge in [0, 0.05) is 29.8 Å². The van der Waals surface area contributed by atoms with Gasteiger partial charge in [0.2, 0.25) is 10.0 Å². The molecular weight excluding hydrogens is 268 g/mol. The smallest absolute Gasteiger partial charge is 0.243 e. The van der Waals surface area contributed by atoms with E-state index < -0.39 is 10.0 Å². The number of benzene rings is 1. The number of rotatable bonds is 2. The summed E-state index contributed by atoms with van der Waals surface area (Å²) < 4.78 is 26.7. The Kier molecular flexibility index (Phi) is 3.89. The molecule has 0 spiro atoms. The monoisotopic (exact) mass is 286 g/mol. The van der Waals surface area contributed by atoms with Crippen LogP contribution in [0.5, 0.6) is 0 Å². The average molecular weight is 286 g/mol. The van der Waals surface area contributed by atoms with E-state index in [4.69, 9.17) is 5.73 Å². The molecule has 0 saturated carbocycles. The number of sulfonamides is 1. The Bertz CT molecular complexity index is 523. The largest absolute Gasteiger partial charge is 0.399 e. The molecule has 0 aromatic heterocycles. The Balaban J connectivity index is 2.40. The molecule has 1 saturated heterocycles. The van der Waals surface area contributed by atoms with Crippen molar-refractivity contribution in [3.8, 4) is 0 Å². The molecule has 100 valence electrons. The molecule has 4 nitrogen and oxygen atoms in total. The second-order valence-electron chi connectivity index (χ2n) is 4.62. The number of thioether (sulfide) groups is 1. The Morgan fingerprint density at radius 3 is 2.72 bits per heavy atom. The Hall–Kier alpha value is -0.720. The van der Waals surface area contributed by atoms with Gasteiger partial charge in [-0.1, -0.05) is 0 Å². The molecule has 2 N–H and O–H groups in total. The molecule has 6 heteroatoms. The first-order chi connectivity index (χ1) is 8.41. The second-order valence-corrected chi connectivity index (χ2v) is 7.66. The first-order valence-corrected chi connectivity index (χ1v) is 8.47. The Morgan fingerprint density at radius 1 is 1.39 bits per heavy atom. The number of hydrogen-bond acceptors (Lipinski definition) is 4. The highest BCUT2D eigenvalue weighted by Gasteiger charge is 2.31. The van der Waals surface area contributed by atoms with Crippen molar-refractivity contribution in [2.45, 2.75) is 24.8 Å². The normalized spacial score (nSPS) is 22.0. The summed E-state index contributed by atoms with van der Waals surface area (Å²) in [5.41, 5.74) is 7.09. The van der Waals surface area contributed by atoms with Crippen molar-refractivity contribution < 1.29 is 8.42 Å². The van der Waals surface area contributed by atoms with E-state index in [9.17, 15) is 8.42 Å². The summed E-state index contributed by atoms with van der Waals surface area (Å²) in [5.74, 6) is 1.70. The molecule has 0 aliphatic carbocycles. The molecule has 1 aliphatic rings. The molecule has 0 bridgehead atoms. The molecule has 0 amide bonds. The second kappa shape index (κ2) is 5.11. The number of aryl methyl sites for hydroxylation is 1. The summed E-state index contributed by atoms with van der Waals surface area (Å²) in [7, 11) is -3.42. The maximum atomic E-state index is 12.6. The van der Waals surface area contributed by atoms with Crippen LogP contribution in [0, 0.1) is 6.92 Å². The Morgan fingerprint density at radius 2 is 2.11 bits per heavy atom. The highest BCUT2D eigenvalue weighted by molar-refractivity contribution is 7.99. The van der Waals surface area contributed by atoms with Crippen molar-refractivity contribution in [1.82, 2.24) is 4.31 Å². The van der Waals surface area contributed by atoms with Crippen LogP contribution in [0.25, 0.3) is 0 Å². The van der Waals surface area contributed by atoms with Crippen molar-refractivity contribution >= 4 is 27.5 Å². The van der Waals surface area contributed by atoms with Crippen molar-refractivity contribution in [3.05, 3.63) is 23.8 Å². The van der Waals surface area contributed by atoms with Crippen LogP contribution < -0.4 is 5.73 Å². The van der Waals surface area contributed by atoms with Gasteiger partial charge in [-0.2, -0.15) is 16.1 Å². The van der Waals surface area contributed by atoms with Crippen LogP contribution in [0.1, 0.15) is 12.5 Å². The van der Waals surface area contributed by atoms with Crippen LogP contribution in [-0.2, 0) is 10.0 Å². The summed E-state index contributed by atoms with van der Waals surface area (Å²) >= 11 is 1.79. The van der Waals surface area contributed by atoms with E-state index in [0.29, 0.717) is 17.1 Å². The van der Waals surface area contributed by atoms with E-state index in [1.165, 1.54) is 6.07 Å². The molecule has 1 atom stereocenters. The van der Waals surface area contributed by atoms with Gasteiger partial charge >= 0.3 is 0 Å². The number of nitrogens with zero attached hydrogens (tertiary/aromatic N) is 1. The van der Waals surface area contributed by atoms with Crippen molar-refractivity contribution in [3.63, 3.8) is 0 Å². The van der Waals surface area contributed by atoms with Gasteiger partial charge in [0.15, 0.2) is 0 Å². The summed E-state index contributed by atoms with van der Waals surface area (Å²) in [5, 5.41) is 0. The highest BCUT2D eigenvalue weighted by Crippen LogP contribution is 2.26. The number of hydrogen-bond donors (Lipinski definition) is 1. The molecular formula is C12H18N2O2S2. The van der Waals surface area contributed by atoms with Gasteiger partial charge in [-0.15, -0.1) is 0 Å². The lowest BCUT2D eigenvalue weighted by molar-refractivity contribution is 0.367. The zero-order valence-corrected chi connectivity index (χ0v) is 12.2. The van der Waals surface area contributed by atoms with E-state index in [2.05, 4.69) is 0 Å². The minimum absolute atomic E-state index is 0.0375. The summed E-state index contributed by atoms with van der Waals surface area (Å²) in [4.78, 5) is 0.304. The first-order valence-electron chi connectivity index (χ1n) is 5.88. The van der Waals surface area contributed by atoms with Crippen LogP contribution in [0.4, 0.5) is 5.69 Å². The fourth-order valence-electron chi connectivity index (χ4n) is 2.13. The van der Waals surface area contributed by atoms with Gasteiger partial charge in [-0.05, 0) is 37.6 Å². The van der Waals surface area contributed by atoms with E-state index in [0.717, 1.165) is 17.1 Å². The SMILES string of the molecule is Cc1cc(N)cc(S(=O)(=O)N2CCSCC2C)c1. The quantitative estimate of drug-likeness (QED) is 0.841. The topological polar surface area (TPSA) is 63.4 Å². The predicted molar refractivity (Wildman–Crippen MR) is 76.3 cm³/mol. The lowest BCUT2D eigenvalue weighted by Crippen LogP contribution is -2.44. The van der Waals surface area contributed by atoms with Gasteiger partial charge in [0.05, 0.1) is 4.90 Å². The van der Waals surface area contributed by atoms with Crippen LogP contribution in [0.15, 0.2) is 23.1 Å². The zero-order chi connectivity index (χ0) is 13.3. The summed E-state index contributed by atoms with van der Waals surface area (Å²) in [6.45, 7) is 4.37. The zero-order valence-electron chi connectivity index (χ0n) is 10.6. The van der Waals surface area contributed by atoms with Crippen molar-refractivity contribution in [1.29, 1.82) is 0 Å². The van der Waals surface area contributed by atoms with E-state index in [1.54, 1.807) is 28.2 Å². The average Bonchev–Trinajstić information content (AvgIpc) is 2.28. The van der Waals surface area contributed by atoms with Crippen LogP contribution in [0.3, 0.4) is 0 Å². The van der Waals surface area contributed by atoms with Crippen LogP contribution in [-0.4, -0.2) is 36.8 Å². The molecule has 2 rings (SSSR count). The number of anilines is 1. The maximum absolute atomic E-state index is 12.6. The number of nitrogens with two attached hydrogens (primary N) is 1. The van der Waals surface area contributed by atoms with E-state index in [1.807, 2.05) is 13.8 Å². The van der Waals surface area contributed by atoms with Crippen molar-refractivity contribution in [2.75, 3.05) is 23.8 Å². The lowest BCUT2D eigenvalue weighted by Gasteiger charge is -2.32. The molecule has 1 aliphatic heterocycles. The predicted octanol–water partition coefficient (Wildman–Crippen LogP) is 1.70. The van der Waals surface area contributed by atoms with Gasteiger partial charge in [-0.3, -0.25) is 0 Å². The van der Waals surface area contributed by atoms with Gasteiger partial charge < -0.3 is 5.73 Å². The fraction of sp³-hybridized carbons (Fsp3) is 0.500. The number of nitrogen functional groups attached to an aromatic ring is 1. The molecule has 1 unspecified atom stereocenters. The molecule has 0 radical (unpaired) electrons. The molecule has 1 aromatic carbocycles. The molecule has 18 heavy (non-hydrogen) atoms. The van der Waals surface area contributed by atoms with Crippen molar-refractivity contribution in [2.24, 2.45) is 0 Å². The summed E-state index contributed by atoms with van der Waals surface area (Å²) in [6.07, 6.45) is 0. The van der Waals surface area contributed by atoms with Gasteiger partial charge in [-0.25, -0.2) is 8.42 Å². The van der Waals surface area contributed by atoms with Crippen LogP contribution >= 0.6 is 11.8 Å². The minimum atomic E-state index is -3.42. The van der Waals surface area contributed by atoms with Gasteiger partial charge in [0.25, 0.3) is 0 Å². The van der Waals surface area contributed by atoms with Gasteiger partial charge in [0.1, 0.15) is 0 Å². The third-order valence-electron chi connectivity index (χ3n) is 2.99. The Labute approximate surface area is 113 Å². The summed E-state index contributed by atoms with van der Waals surface area (Å²) in [6, 6.07) is 5.03. The van der Waals surface area contributed by atoms with E-state index >= 15 is 0 Å². The molecule has 1 aromatic rings. The fourth-order valence-corrected chi connectivity index (χ4v) is 5.12. The third kappa shape index (κ3) is 2.65. The molecule has 1 heterocycles. The lowest BCUT2D eigenvalue weighted by atomic mass is 10.2. The minimum Gasteiger partial charge on any atom is -0.399 e. The van der Waals surface area contributed by atoms with E-state index in [-0.39, 0.29) is 6.04 Å². The highest BCUT2D eigenvalue weighted by atomic mass is 32.2. The molecule has 1 fully saturated rings. The first kappa shape index (κ1) is 13.7. The standard InChI is InChI=1S/C12H18N2O2S2/c1-9-5-11(13)7-12(6-9)18(15,16)14-3-4-17-8-10(14)2/h5-7,10H,3-4,8,13H2,1-2H3. The maximum Gasteiger partial charge on any atom is 0.243 e. The van der Waals surface area contributed by atoms with Crippen LogP contribution in [0.2, 0.25) is 0 Å².